The van der Waals surface area contributed by atoms with Crippen molar-refractivity contribution < 1.29 is 58.3 Å². The summed E-state index contributed by atoms with van der Waals surface area (Å²) < 4.78 is 119. The highest BCUT2D eigenvalue weighted by Crippen LogP contribution is 2.52. The maximum Gasteiger partial charge on any atom is 0.473 e. The third-order valence-corrected chi connectivity index (χ3v) is 10.5. The van der Waals surface area contributed by atoms with Crippen molar-refractivity contribution in [2.75, 3.05) is 0 Å². The Morgan fingerprint density at radius 1 is 0.844 bits per heavy atom. The monoisotopic (exact) mass is 518 g/mol. The first-order chi connectivity index (χ1) is 13.9. The molecular weight excluding hydrogens is 492 g/mol. The molecule has 0 bridgehead atoms. The summed E-state index contributed by atoms with van der Waals surface area (Å²) in [6.07, 6.45) is -5.83. The minimum atomic E-state index is -6.75. The van der Waals surface area contributed by atoms with E-state index >= 15 is 0 Å². The molecule has 0 saturated carbocycles. The third-order valence-electron chi connectivity index (χ3n) is 3.87. The molecule has 0 saturated heterocycles. The highest BCUT2D eigenvalue weighted by Gasteiger charge is 2.81. The van der Waals surface area contributed by atoms with Gasteiger partial charge in [-0.1, -0.05) is 6.92 Å². The lowest BCUT2D eigenvalue weighted by Crippen LogP contribution is -2.62. The number of alkyl halides is 8. The topological polar surface area (TPSA) is 61.8 Å². The average Bonchev–Trinajstić information content (AvgIpc) is 2.53. The molecule has 15 heteroatoms. The van der Waals surface area contributed by atoms with Gasteiger partial charge in [-0.15, -0.1) is 0 Å². The van der Waals surface area contributed by atoms with Crippen LogP contribution in [0.3, 0.4) is 0 Å². The van der Waals surface area contributed by atoms with Crippen LogP contribution in [0.25, 0.3) is 0 Å². The van der Waals surface area contributed by atoms with Crippen LogP contribution in [0.5, 0.6) is 0 Å². The molecule has 0 aromatic heterocycles. The fraction of sp³-hybridized carbons (Fsp3) is 0.765. The van der Waals surface area contributed by atoms with Crippen LogP contribution in [0.4, 0.5) is 35.1 Å². The molecule has 0 heterocycles. The quantitative estimate of drug-likeness (QED) is 0.156. The maximum absolute atomic E-state index is 13.4. The van der Waals surface area contributed by atoms with Gasteiger partial charge in [-0.25, -0.2) is 9.59 Å². The summed E-state index contributed by atoms with van der Waals surface area (Å²) in [6.45, 7) is 10.2. The molecule has 0 spiro atoms. The van der Waals surface area contributed by atoms with Gasteiger partial charge in [0.15, 0.2) is 8.32 Å². The Kier molecular flexibility index (Phi) is 9.33. The van der Waals surface area contributed by atoms with Gasteiger partial charge in [0, 0.05) is 19.1 Å². The highest BCUT2D eigenvalue weighted by atomic mass is 28.4. The summed E-state index contributed by atoms with van der Waals surface area (Å²) in [6, 6.07) is 0. The number of carbonyl (C=O) groups is 2. The zero-order valence-electron chi connectivity index (χ0n) is 18.5. The van der Waals surface area contributed by atoms with E-state index in [1.54, 1.807) is 20.0 Å². The maximum atomic E-state index is 13.4. The van der Waals surface area contributed by atoms with Crippen molar-refractivity contribution in [1.29, 1.82) is 0 Å². The fourth-order valence-electron chi connectivity index (χ4n) is 2.57. The van der Waals surface area contributed by atoms with Gasteiger partial charge < -0.3 is 13.6 Å². The molecule has 188 valence electrons. The normalized spacial score (nSPS) is 15.6. The Labute approximate surface area is 182 Å². The largest absolute Gasteiger partial charge is 0.473 e. The first-order valence-electron chi connectivity index (χ1n) is 9.24. The number of rotatable bonds is 11. The van der Waals surface area contributed by atoms with E-state index in [4.69, 9.17) is 8.85 Å². The molecule has 0 amide bonds. The van der Waals surface area contributed by atoms with Gasteiger partial charge in [0.25, 0.3) is 0 Å². The zero-order valence-corrected chi connectivity index (χ0v) is 20.5. The molecule has 0 aliphatic heterocycles. The second kappa shape index (κ2) is 9.79. The predicted molar refractivity (Wildman–Crippen MR) is 103 cm³/mol. The van der Waals surface area contributed by atoms with E-state index in [-0.39, 0.29) is 12.2 Å². The van der Waals surface area contributed by atoms with Gasteiger partial charge >= 0.3 is 35.8 Å². The van der Waals surface area contributed by atoms with Crippen LogP contribution in [0.2, 0.25) is 32.7 Å². The molecule has 1 atom stereocenters. The highest BCUT2D eigenvalue weighted by molar-refractivity contribution is 6.84. The lowest BCUT2D eigenvalue weighted by Gasteiger charge is -2.36. The molecule has 0 aliphatic rings. The zero-order chi connectivity index (χ0) is 26.0. The Morgan fingerprint density at radius 3 is 1.66 bits per heavy atom. The summed E-state index contributed by atoms with van der Waals surface area (Å²) in [5.41, 5.74) is -0.723. The molecule has 0 rings (SSSR count). The summed E-state index contributed by atoms with van der Waals surface area (Å²) in [5.74, 6) is -22.5. The first kappa shape index (κ1) is 30.5. The standard InChI is InChI=1S/C17H26F8O5Si2/c1-8-13(32(6,7)30-31(3,4)5)28-11(26)9-10-12(27)29-17(24,25)16(22,23)15(20,21)14(2,18)19/h9-10,13H,8H2,1-7H3/b10-9+. The van der Waals surface area contributed by atoms with Gasteiger partial charge in [-0.3, -0.25) is 0 Å². The van der Waals surface area contributed by atoms with Gasteiger partial charge in [0.2, 0.25) is 8.32 Å². The van der Waals surface area contributed by atoms with E-state index in [0.717, 1.165) is 0 Å². The van der Waals surface area contributed by atoms with Crippen LogP contribution >= 0.6 is 0 Å². The van der Waals surface area contributed by atoms with Crippen LogP contribution in [0.1, 0.15) is 20.3 Å². The number of hydrogen-bond donors (Lipinski definition) is 0. The summed E-state index contributed by atoms with van der Waals surface area (Å²) in [4.78, 5) is 23.2. The predicted octanol–water partition coefficient (Wildman–Crippen LogP) is 5.52. The van der Waals surface area contributed by atoms with Crippen molar-refractivity contribution in [3.8, 4) is 0 Å². The van der Waals surface area contributed by atoms with E-state index in [1.807, 2.05) is 19.6 Å². The van der Waals surface area contributed by atoms with E-state index in [2.05, 4.69) is 4.74 Å². The summed E-state index contributed by atoms with van der Waals surface area (Å²) in [7, 11) is -4.62. The van der Waals surface area contributed by atoms with Crippen molar-refractivity contribution in [3.63, 3.8) is 0 Å². The Hall–Kier alpha value is -1.49. The van der Waals surface area contributed by atoms with E-state index in [9.17, 15) is 44.7 Å². The minimum absolute atomic E-state index is 0.0742. The molecule has 32 heavy (non-hydrogen) atoms. The van der Waals surface area contributed by atoms with Crippen molar-refractivity contribution in [2.45, 2.75) is 82.6 Å². The number of ether oxygens (including phenoxy) is 2. The second-order valence-electron chi connectivity index (χ2n) is 8.46. The number of halogens is 8. The first-order valence-corrected chi connectivity index (χ1v) is 15.6. The van der Waals surface area contributed by atoms with Crippen molar-refractivity contribution in [1.82, 2.24) is 0 Å². The second-order valence-corrected chi connectivity index (χ2v) is 17.4. The number of hydrogen-bond acceptors (Lipinski definition) is 5. The van der Waals surface area contributed by atoms with Gasteiger partial charge in [-0.05, 0) is 39.2 Å². The van der Waals surface area contributed by atoms with Crippen molar-refractivity contribution in [2.24, 2.45) is 0 Å². The van der Waals surface area contributed by atoms with E-state index in [0.29, 0.717) is 6.42 Å². The molecule has 0 N–H and O–H groups in total. The average molecular weight is 519 g/mol. The lowest BCUT2D eigenvalue weighted by molar-refractivity contribution is -0.413. The van der Waals surface area contributed by atoms with Crippen LogP contribution in [0, 0.1) is 0 Å². The lowest BCUT2D eigenvalue weighted by atomic mass is 10.1. The molecule has 0 aromatic carbocycles. The van der Waals surface area contributed by atoms with Crippen molar-refractivity contribution in [3.05, 3.63) is 12.2 Å². The van der Waals surface area contributed by atoms with Crippen LogP contribution in [-0.2, 0) is 23.2 Å². The third kappa shape index (κ3) is 7.54. The van der Waals surface area contributed by atoms with Gasteiger partial charge in [0.05, 0.1) is 0 Å². The Morgan fingerprint density at radius 2 is 1.28 bits per heavy atom. The molecule has 0 radical (unpaired) electrons. The van der Waals surface area contributed by atoms with Crippen LogP contribution in [-0.4, -0.2) is 58.2 Å². The summed E-state index contributed by atoms with van der Waals surface area (Å²) in [5, 5.41) is 0. The van der Waals surface area contributed by atoms with E-state index in [1.165, 1.54) is 0 Å². The van der Waals surface area contributed by atoms with Gasteiger partial charge in [0.1, 0.15) is 5.73 Å². The smallest absolute Gasteiger partial charge is 0.460 e. The molecule has 0 aromatic rings. The fourth-order valence-corrected chi connectivity index (χ4v) is 10.8. The molecule has 5 nitrogen and oxygen atoms in total. The van der Waals surface area contributed by atoms with E-state index < -0.39 is 65.1 Å². The molecule has 0 fully saturated rings. The minimum Gasteiger partial charge on any atom is -0.460 e. The number of carbonyl (C=O) groups excluding carboxylic acids is 2. The van der Waals surface area contributed by atoms with Crippen LogP contribution in [0.15, 0.2) is 12.2 Å². The Balaban J connectivity index is 5.34. The molecular formula is C17H26F8O5Si2. The van der Waals surface area contributed by atoms with Gasteiger partial charge in [-0.2, -0.15) is 35.1 Å². The molecule has 0 aliphatic carbocycles. The van der Waals surface area contributed by atoms with Crippen molar-refractivity contribution >= 4 is 28.6 Å². The Bertz CT molecular complexity index is 715. The molecule has 1 unspecified atom stereocenters. The summed E-state index contributed by atoms with van der Waals surface area (Å²) >= 11 is 0. The van der Waals surface area contributed by atoms with Crippen LogP contribution < -0.4 is 0 Å². The SMILES string of the molecule is CCC(OC(=O)/C=C/C(=O)OC(F)(F)C(F)(F)C(F)(F)C(C)(F)F)[Si](C)(C)O[Si](C)(C)C. The number of esters is 2.